The van der Waals surface area contributed by atoms with E-state index < -0.39 is 11.6 Å². The van der Waals surface area contributed by atoms with Crippen LogP contribution in [0.3, 0.4) is 0 Å². The van der Waals surface area contributed by atoms with Crippen molar-refractivity contribution in [2.45, 2.75) is 17.7 Å². The van der Waals surface area contributed by atoms with Crippen LogP contribution in [-0.2, 0) is 5.41 Å². The summed E-state index contributed by atoms with van der Waals surface area (Å²) in [5.74, 6) is 0. The summed E-state index contributed by atoms with van der Waals surface area (Å²) in [5, 5.41) is 6.35. The Balaban J connectivity index is 0.896. The molecule has 0 amide bonds. The average Bonchev–Trinajstić information content (AvgIpc) is 3.98. The zero-order valence-corrected chi connectivity index (χ0v) is 35.6. The van der Waals surface area contributed by atoms with Gasteiger partial charge in [0.15, 0.2) is 0 Å². The van der Waals surface area contributed by atoms with Gasteiger partial charge in [-0.05, 0) is 135 Å². The molecule has 0 heterocycles. The Bertz CT molecular complexity index is 3530. The summed E-state index contributed by atoms with van der Waals surface area (Å²) in [6.07, 6.45) is 1.10. The molecule has 3 atom stereocenters. The summed E-state index contributed by atoms with van der Waals surface area (Å²) < 4.78 is 0. The van der Waals surface area contributed by atoms with Crippen molar-refractivity contribution < 1.29 is 0 Å². The number of aliphatic imine (C=N–C) groups is 1. The van der Waals surface area contributed by atoms with Crippen LogP contribution in [-0.4, -0.2) is 6.21 Å². The number of hydrogen-bond donors (Lipinski definition) is 2. The van der Waals surface area contributed by atoms with Gasteiger partial charge in [0.1, 0.15) is 6.17 Å². The lowest BCUT2D eigenvalue weighted by molar-refractivity contribution is 0.467. The van der Waals surface area contributed by atoms with Crippen molar-refractivity contribution in [2.24, 2.45) is 10.7 Å². The third-order valence-corrected chi connectivity index (χ3v) is 14.1. The van der Waals surface area contributed by atoms with Crippen LogP contribution in [0, 0.1) is 0 Å². The first-order valence-corrected chi connectivity index (χ1v) is 22.5. The number of rotatable bonds is 8. The lowest BCUT2D eigenvalue weighted by Gasteiger charge is -2.31. The van der Waals surface area contributed by atoms with Gasteiger partial charge < -0.3 is 5.73 Å². The summed E-state index contributed by atoms with van der Waals surface area (Å²) >= 11 is 0. The highest BCUT2D eigenvalue weighted by molar-refractivity contribution is 6.21. The molecule has 3 nitrogen and oxygen atoms in total. The second kappa shape index (κ2) is 14.8. The molecule has 3 heteroatoms. The van der Waals surface area contributed by atoms with E-state index in [9.17, 15) is 0 Å². The highest BCUT2D eigenvalue weighted by Gasteiger charge is 2.52. The van der Waals surface area contributed by atoms with Crippen LogP contribution in [0.1, 0.15) is 51.3 Å². The van der Waals surface area contributed by atoms with Gasteiger partial charge in [0.25, 0.3) is 0 Å². The summed E-state index contributed by atoms with van der Waals surface area (Å²) in [5.41, 5.74) is 30.2. The van der Waals surface area contributed by atoms with Crippen LogP contribution in [0.25, 0.3) is 77.5 Å². The Morgan fingerprint density at radius 2 is 0.954 bits per heavy atom. The summed E-state index contributed by atoms with van der Waals surface area (Å²) in [6.45, 7) is 0. The van der Waals surface area contributed by atoms with E-state index in [1.807, 2.05) is 30.5 Å². The molecule has 3 unspecified atom stereocenters. The highest BCUT2D eigenvalue weighted by atomic mass is 15.1. The zero-order chi connectivity index (χ0) is 43.1. The molecule has 65 heavy (non-hydrogen) atoms. The van der Waals surface area contributed by atoms with Crippen LogP contribution in [0.2, 0.25) is 0 Å². The molecule has 0 saturated carbocycles. The molecule has 3 N–H and O–H groups in total. The fraction of sp³-hybridized carbons (Fsp3) is 0.0484. The molecule has 0 saturated heterocycles. The molecule has 306 valence electrons. The predicted molar refractivity (Wildman–Crippen MR) is 269 cm³/mol. The third-order valence-electron chi connectivity index (χ3n) is 14.1. The van der Waals surface area contributed by atoms with Gasteiger partial charge in [-0.3, -0.25) is 10.3 Å². The molecule has 0 aliphatic heterocycles. The summed E-state index contributed by atoms with van der Waals surface area (Å²) in [4.78, 5) is 5.08. The van der Waals surface area contributed by atoms with Crippen molar-refractivity contribution in [1.29, 1.82) is 0 Å². The van der Waals surface area contributed by atoms with Gasteiger partial charge in [0, 0.05) is 6.21 Å². The molecule has 0 bridgehead atoms. The molecule has 1 spiro atoms. The van der Waals surface area contributed by atoms with Crippen molar-refractivity contribution >= 4 is 17.0 Å². The molecule has 0 aromatic heterocycles. The average molecular weight is 830 g/mol. The van der Waals surface area contributed by atoms with Crippen LogP contribution in [0.15, 0.2) is 229 Å². The van der Waals surface area contributed by atoms with E-state index in [-0.39, 0.29) is 6.17 Å². The Kier molecular flexibility index (Phi) is 8.57. The van der Waals surface area contributed by atoms with Crippen molar-refractivity contribution in [3.63, 3.8) is 0 Å². The molecule has 0 radical (unpaired) electrons. The van der Waals surface area contributed by atoms with Crippen LogP contribution < -0.4 is 11.1 Å². The van der Waals surface area contributed by atoms with Gasteiger partial charge in [-0.1, -0.05) is 206 Å². The summed E-state index contributed by atoms with van der Waals surface area (Å²) in [6, 6.07) is 81.7. The molecular weight excluding hydrogens is 787 g/mol. The van der Waals surface area contributed by atoms with Gasteiger partial charge in [0.05, 0.1) is 11.6 Å². The Morgan fingerprint density at radius 3 is 1.74 bits per heavy atom. The first-order valence-electron chi connectivity index (χ1n) is 22.5. The van der Waals surface area contributed by atoms with Crippen molar-refractivity contribution in [2.75, 3.05) is 0 Å². The molecule has 0 fully saturated rings. The quantitative estimate of drug-likeness (QED) is 0.118. The largest absolute Gasteiger partial charge is 0.312 e. The normalized spacial score (nSPS) is 15.7. The van der Waals surface area contributed by atoms with Gasteiger partial charge in [0.2, 0.25) is 0 Å². The number of nitrogens with two attached hydrogens (primary N) is 1. The first kappa shape index (κ1) is 37.6. The lowest BCUT2D eigenvalue weighted by atomic mass is 9.69. The molecule has 13 rings (SSSR count). The second-order valence-electron chi connectivity index (χ2n) is 17.6. The van der Waals surface area contributed by atoms with E-state index in [1.165, 1.54) is 88.7 Å². The second-order valence-corrected chi connectivity index (χ2v) is 17.6. The van der Waals surface area contributed by atoms with Crippen molar-refractivity contribution in [3.8, 4) is 66.8 Å². The summed E-state index contributed by atoms with van der Waals surface area (Å²) in [7, 11) is 0. The maximum absolute atomic E-state index is 7.11. The van der Waals surface area contributed by atoms with Crippen LogP contribution in [0.4, 0.5) is 0 Å². The molecule has 10 aromatic carbocycles. The molecular formula is C62H43N3. The molecule has 3 aliphatic carbocycles. The van der Waals surface area contributed by atoms with E-state index >= 15 is 0 Å². The SMILES string of the molecule is NC(NC(N=Cc1ccc(-c2ccccc2)cc1)c1ccccc1)c1cccc(-c2ccc3c(c2)C2(c4ccccc4-3)c3ccccc3-c3c2cc2c4c(cccc34)-c3ccccc3-2)c1. The number of nitrogens with zero attached hydrogens (tertiary/aromatic N) is 1. The topological polar surface area (TPSA) is 50.4 Å². The van der Waals surface area contributed by atoms with E-state index in [2.05, 4.69) is 206 Å². The Labute approximate surface area is 379 Å². The Hall–Kier alpha value is -7.95. The van der Waals surface area contributed by atoms with Gasteiger partial charge in [-0.25, -0.2) is 0 Å². The van der Waals surface area contributed by atoms with Crippen molar-refractivity contribution in [1.82, 2.24) is 5.32 Å². The fourth-order valence-corrected chi connectivity index (χ4v) is 11.3. The Morgan fingerprint density at radius 1 is 0.400 bits per heavy atom. The minimum atomic E-state index is -0.496. The smallest absolute Gasteiger partial charge is 0.127 e. The van der Waals surface area contributed by atoms with E-state index in [0.717, 1.165) is 27.8 Å². The van der Waals surface area contributed by atoms with Gasteiger partial charge in [-0.2, -0.15) is 0 Å². The number of fused-ring (bicyclic) bond motifs is 14. The fourth-order valence-electron chi connectivity index (χ4n) is 11.3. The van der Waals surface area contributed by atoms with E-state index in [4.69, 9.17) is 10.7 Å². The number of hydrogen-bond acceptors (Lipinski definition) is 3. The van der Waals surface area contributed by atoms with E-state index in [0.29, 0.717) is 0 Å². The predicted octanol–water partition coefficient (Wildman–Crippen LogP) is 14.5. The highest BCUT2D eigenvalue weighted by Crippen LogP contribution is 2.66. The monoisotopic (exact) mass is 829 g/mol. The molecule has 3 aliphatic rings. The number of nitrogens with one attached hydrogen (secondary N) is 1. The maximum Gasteiger partial charge on any atom is 0.127 e. The molecule has 10 aromatic rings. The maximum atomic E-state index is 7.11. The van der Waals surface area contributed by atoms with Gasteiger partial charge >= 0.3 is 0 Å². The third kappa shape index (κ3) is 5.73. The van der Waals surface area contributed by atoms with Crippen LogP contribution >= 0.6 is 0 Å². The zero-order valence-electron chi connectivity index (χ0n) is 35.6. The number of benzene rings is 10. The van der Waals surface area contributed by atoms with Gasteiger partial charge in [-0.15, -0.1) is 0 Å². The first-order chi connectivity index (χ1) is 32.1. The van der Waals surface area contributed by atoms with Crippen molar-refractivity contribution in [3.05, 3.63) is 263 Å². The standard InChI is InChI=1S/C62H43N3/c63-60(65-61(42-17-5-2-6-18-42)64-38-39-29-31-41(32-30-39)40-15-3-1-4-16-40)45-20-13-19-43(35-45)44-33-34-49-48-23-9-11-27-54(48)62(56(49)36-44)55-28-12-10-24-51(55)59-52-26-14-25-50-46-21-7-8-22-47(46)53(58(50)52)37-57(59)62/h1-38,60-61,65H,63H2. The van der Waals surface area contributed by atoms with Crippen LogP contribution in [0.5, 0.6) is 0 Å². The van der Waals surface area contributed by atoms with E-state index in [1.54, 1.807) is 0 Å². The lowest BCUT2D eigenvalue weighted by Crippen LogP contribution is -2.31. The minimum absolute atomic E-state index is 0.357. The minimum Gasteiger partial charge on any atom is -0.312 e.